The van der Waals surface area contributed by atoms with E-state index in [1.807, 2.05) is 0 Å². The van der Waals surface area contributed by atoms with Gasteiger partial charge in [-0.2, -0.15) is 0 Å². The lowest BCUT2D eigenvalue weighted by atomic mass is 9.81. The van der Waals surface area contributed by atoms with Crippen molar-refractivity contribution < 1.29 is 13.2 Å². The molecule has 0 saturated carbocycles. The maximum atomic E-state index is 11.8. The van der Waals surface area contributed by atoms with E-state index in [-0.39, 0.29) is 17.3 Å². The van der Waals surface area contributed by atoms with Crippen molar-refractivity contribution in [2.75, 3.05) is 32.5 Å². The molecule has 1 atom stereocenters. The average molecular weight is 264 g/mol. The Morgan fingerprint density at radius 2 is 2.00 bits per heavy atom. The minimum Gasteiger partial charge on any atom is -0.381 e. The Morgan fingerprint density at radius 3 is 2.53 bits per heavy atom. The fraction of sp³-hybridized carbons (Fsp3) is 1.00. The first-order chi connectivity index (χ1) is 7.87. The molecule has 1 aliphatic heterocycles. The van der Waals surface area contributed by atoms with Crippen molar-refractivity contribution in [3.8, 4) is 0 Å². The molecule has 1 heterocycles. The highest BCUT2D eigenvalue weighted by Crippen LogP contribution is 2.26. The van der Waals surface area contributed by atoms with Crippen molar-refractivity contribution in [3.05, 3.63) is 0 Å². The Labute approximate surface area is 104 Å². The van der Waals surface area contributed by atoms with Gasteiger partial charge in [0.25, 0.3) is 0 Å². The Morgan fingerprint density at radius 1 is 1.41 bits per heavy atom. The van der Waals surface area contributed by atoms with Crippen molar-refractivity contribution in [1.29, 1.82) is 0 Å². The summed E-state index contributed by atoms with van der Waals surface area (Å²) in [5.41, 5.74) is 0.0780. The van der Waals surface area contributed by atoms with Gasteiger partial charge in [0.15, 0.2) is 0 Å². The maximum Gasteiger partial charge on any atom is 0.214 e. The van der Waals surface area contributed by atoms with Gasteiger partial charge in [-0.15, -0.1) is 0 Å². The average Bonchev–Trinajstić information content (AvgIpc) is 2.27. The van der Waals surface area contributed by atoms with Gasteiger partial charge in [-0.05, 0) is 38.3 Å². The third-order valence-electron chi connectivity index (χ3n) is 3.39. The lowest BCUT2D eigenvalue weighted by molar-refractivity contribution is 0.136. The van der Waals surface area contributed by atoms with Crippen molar-refractivity contribution in [1.82, 2.24) is 10.0 Å². The molecule has 1 rings (SSSR count). The van der Waals surface area contributed by atoms with Gasteiger partial charge in [0.05, 0.1) is 11.9 Å². The summed E-state index contributed by atoms with van der Waals surface area (Å²) < 4.78 is 31.2. The number of nitrogens with one attached hydrogen (secondary N) is 2. The predicted molar refractivity (Wildman–Crippen MR) is 68.5 cm³/mol. The molecule has 0 aromatic carbocycles. The predicted octanol–water partition coefficient (Wildman–Crippen LogP) is 0.330. The molecule has 0 bridgehead atoms. The molecule has 102 valence electrons. The quantitative estimate of drug-likeness (QED) is 0.725. The fourth-order valence-electron chi connectivity index (χ4n) is 1.93. The summed E-state index contributed by atoms with van der Waals surface area (Å²) in [6.45, 7) is 6.34. The van der Waals surface area contributed by atoms with E-state index >= 15 is 0 Å². The van der Waals surface area contributed by atoms with Crippen molar-refractivity contribution in [2.24, 2.45) is 5.41 Å². The van der Waals surface area contributed by atoms with Crippen molar-refractivity contribution >= 4 is 10.0 Å². The van der Waals surface area contributed by atoms with Gasteiger partial charge in [0, 0.05) is 13.7 Å². The Balaban J connectivity index is 2.43. The van der Waals surface area contributed by atoms with Gasteiger partial charge in [-0.25, -0.2) is 13.1 Å². The molecule has 0 radical (unpaired) electrons. The highest BCUT2D eigenvalue weighted by Gasteiger charge is 2.28. The first-order valence-corrected chi connectivity index (χ1v) is 7.73. The second kappa shape index (κ2) is 6.13. The van der Waals surface area contributed by atoms with E-state index in [9.17, 15) is 8.42 Å². The number of piperidine rings is 1. The second-order valence-corrected chi connectivity index (χ2v) is 7.06. The molecule has 2 N–H and O–H groups in total. The van der Waals surface area contributed by atoms with Crippen molar-refractivity contribution in [2.45, 2.75) is 32.8 Å². The number of ether oxygens (including phenoxy) is 1. The highest BCUT2D eigenvalue weighted by molar-refractivity contribution is 7.89. The summed E-state index contributed by atoms with van der Waals surface area (Å²) in [5, 5.41) is 3.28. The molecular weight excluding hydrogens is 240 g/mol. The maximum absolute atomic E-state index is 11.8. The van der Waals surface area contributed by atoms with E-state index in [0.29, 0.717) is 6.54 Å². The summed E-state index contributed by atoms with van der Waals surface area (Å²) in [6.07, 6.45) is 1.75. The molecule has 0 spiro atoms. The standard InChI is InChI=1S/C11H24N2O3S/c1-10(16-3)8-17(14,15)13-9-11(2)4-6-12-7-5-11/h10,12-13H,4-9H2,1-3H3. The van der Waals surface area contributed by atoms with E-state index in [1.165, 1.54) is 7.11 Å². The third kappa shape index (κ3) is 5.33. The Bertz CT molecular complexity index is 324. The van der Waals surface area contributed by atoms with Crippen LogP contribution in [-0.4, -0.2) is 47.0 Å². The van der Waals surface area contributed by atoms with Crippen molar-refractivity contribution in [3.63, 3.8) is 0 Å². The molecule has 0 aliphatic carbocycles. The lowest BCUT2D eigenvalue weighted by Gasteiger charge is -2.34. The number of methoxy groups -OCH3 is 1. The minimum atomic E-state index is -3.23. The van der Waals surface area contributed by atoms with E-state index in [2.05, 4.69) is 17.0 Å². The first-order valence-electron chi connectivity index (χ1n) is 6.08. The van der Waals surface area contributed by atoms with E-state index < -0.39 is 10.0 Å². The summed E-state index contributed by atoms with van der Waals surface area (Å²) in [7, 11) is -1.70. The second-order valence-electron chi connectivity index (χ2n) is 5.21. The van der Waals surface area contributed by atoms with Gasteiger partial charge in [0.1, 0.15) is 0 Å². The molecule has 1 saturated heterocycles. The molecule has 6 heteroatoms. The van der Waals surface area contributed by atoms with Crippen LogP contribution < -0.4 is 10.0 Å². The normalized spacial score (nSPS) is 22.3. The van der Waals surface area contributed by atoms with Crippen LogP contribution in [-0.2, 0) is 14.8 Å². The lowest BCUT2D eigenvalue weighted by Crippen LogP contribution is -2.44. The zero-order valence-corrected chi connectivity index (χ0v) is 11.8. The van der Waals surface area contributed by atoms with Crippen LogP contribution in [0.4, 0.5) is 0 Å². The molecule has 1 fully saturated rings. The van der Waals surface area contributed by atoms with Gasteiger partial charge in [-0.1, -0.05) is 6.92 Å². The van der Waals surface area contributed by atoms with E-state index in [0.717, 1.165) is 25.9 Å². The summed E-state index contributed by atoms with van der Waals surface area (Å²) >= 11 is 0. The summed E-state index contributed by atoms with van der Waals surface area (Å²) in [5.74, 6) is 0.0256. The summed E-state index contributed by atoms with van der Waals surface area (Å²) in [4.78, 5) is 0. The molecule has 5 nitrogen and oxygen atoms in total. The molecule has 1 aliphatic rings. The molecule has 0 aromatic heterocycles. The van der Waals surface area contributed by atoms with E-state index in [1.54, 1.807) is 6.92 Å². The van der Waals surface area contributed by atoms with Crippen LogP contribution in [0.3, 0.4) is 0 Å². The van der Waals surface area contributed by atoms with Gasteiger partial charge in [0.2, 0.25) is 10.0 Å². The van der Waals surface area contributed by atoms with Crippen LogP contribution in [0.2, 0.25) is 0 Å². The Kier molecular flexibility index (Phi) is 5.37. The smallest absolute Gasteiger partial charge is 0.214 e. The molecule has 1 unspecified atom stereocenters. The third-order valence-corrected chi connectivity index (χ3v) is 4.88. The number of hydrogen-bond donors (Lipinski definition) is 2. The SMILES string of the molecule is COC(C)CS(=O)(=O)NCC1(C)CCNCC1. The van der Waals surface area contributed by atoms with Gasteiger partial charge >= 0.3 is 0 Å². The van der Waals surface area contributed by atoms with Crippen LogP contribution in [0.15, 0.2) is 0 Å². The fourth-order valence-corrected chi connectivity index (χ4v) is 3.37. The number of sulfonamides is 1. The molecule has 17 heavy (non-hydrogen) atoms. The monoisotopic (exact) mass is 264 g/mol. The van der Waals surface area contributed by atoms with Gasteiger partial charge in [-0.3, -0.25) is 0 Å². The molecular formula is C11H24N2O3S. The number of hydrogen-bond acceptors (Lipinski definition) is 4. The van der Waals surface area contributed by atoms with Crippen LogP contribution in [0, 0.1) is 5.41 Å². The van der Waals surface area contributed by atoms with Crippen LogP contribution in [0.1, 0.15) is 26.7 Å². The summed E-state index contributed by atoms with van der Waals surface area (Å²) in [6, 6.07) is 0. The van der Waals surface area contributed by atoms with Crippen LogP contribution in [0.5, 0.6) is 0 Å². The van der Waals surface area contributed by atoms with E-state index in [4.69, 9.17) is 4.74 Å². The molecule has 0 amide bonds. The zero-order valence-electron chi connectivity index (χ0n) is 11.0. The Hall–Kier alpha value is -0.170. The van der Waals surface area contributed by atoms with Gasteiger partial charge < -0.3 is 10.1 Å². The highest BCUT2D eigenvalue weighted by atomic mass is 32.2. The largest absolute Gasteiger partial charge is 0.381 e. The first kappa shape index (κ1) is 14.9. The number of rotatable bonds is 6. The zero-order chi connectivity index (χ0) is 12.9. The molecule has 0 aromatic rings. The topological polar surface area (TPSA) is 67.4 Å². The van der Waals surface area contributed by atoms with Crippen LogP contribution >= 0.6 is 0 Å². The van der Waals surface area contributed by atoms with Crippen LogP contribution in [0.25, 0.3) is 0 Å². The minimum absolute atomic E-state index is 0.0256.